The molecule has 26 heavy (non-hydrogen) atoms. The highest BCUT2D eigenvalue weighted by molar-refractivity contribution is 7.92. The Balaban J connectivity index is 2.24. The zero-order valence-electron chi connectivity index (χ0n) is 14.5. The smallest absolute Gasteiger partial charge is 0.232 e. The number of hydrogen-bond acceptors (Lipinski definition) is 6. The summed E-state index contributed by atoms with van der Waals surface area (Å²) in [4.78, 5) is 26.0. The number of benzene rings is 2. The molecule has 1 aliphatic rings. The van der Waals surface area contributed by atoms with Gasteiger partial charge >= 0.3 is 0 Å². The normalized spacial score (nSPS) is 13.0. The molecule has 0 saturated heterocycles. The molecule has 2 aromatic rings. The predicted molar refractivity (Wildman–Crippen MR) is 95.9 cm³/mol. The summed E-state index contributed by atoms with van der Waals surface area (Å²) in [5.41, 5.74) is 0.722. The summed E-state index contributed by atoms with van der Waals surface area (Å²) in [5, 5.41) is 0. The number of hydrogen-bond donors (Lipinski definition) is 1. The number of sulfonamides is 1. The number of methoxy groups -OCH3 is 2. The van der Waals surface area contributed by atoms with E-state index in [2.05, 4.69) is 4.72 Å². The van der Waals surface area contributed by atoms with Crippen LogP contribution >= 0.6 is 0 Å². The maximum Gasteiger partial charge on any atom is 0.232 e. The van der Waals surface area contributed by atoms with Crippen LogP contribution in [-0.4, -0.2) is 40.0 Å². The molecule has 0 fully saturated rings. The number of carbonyl (C=O) groups excluding carboxylic acids is 2. The summed E-state index contributed by atoms with van der Waals surface area (Å²) in [6.45, 7) is 1.50. The van der Waals surface area contributed by atoms with Gasteiger partial charge in [-0.2, -0.15) is 0 Å². The minimum absolute atomic E-state index is 0.0870. The molecule has 8 heteroatoms. The highest BCUT2D eigenvalue weighted by Crippen LogP contribution is 2.39. The van der Waals surface area contributed by atoms with Crippen molar-refractivity contribution in [2.45, 2.75) is 6.92 Å². The van der Waals surface area contributed by atoms with Crippen LogP contribution in [0, 0.1) is 0 Å². The lowest BCUT2D eigenvalue weighted by Crippen LogP contribution is -2.23. The van der Waals surface area contributed by atoms with Gasteiger partial charge in [-0.3, -0.25) is 14.3 Å². The molecule has 1 aliphatic carbocycles. The lowest BCUT2D eigenvalue weighted by molar-refractivity contribution is 0.0974. The molecule has 0 bridgehead atoms. The third kappa shape index (κ3) is 2.82. The number of ether oxygens (including phenoxy) is 2. The largest absolute Gasteiger partial charge is 0.496 e. The van der Waals surface area contributed by atoms with Gasteiger partial charge in [-0.25, -0.2) is 8.42 Å². The molecule has 3 rings (SSSR count). The molecule has 7 nitrogen and oxygen atoms in total. The lowest BCUT2D eigenvalue weighted by Gasteiger charge is -2.22. The first-order valence-corrected chi connectivity index (χ1v) is 9.47. The minimum Gasteiger partial charge on any atom is -0.496 e. The summed E-state index contributed by atoms with van der Waals surface area (Å²) in [6, 6.07) is 7.50. The van der Waals surface area contributed by atoms with Crippen molar-refractivity contribution in [2.24, 2.45) is 0 Å². The van der Waals surface area contributed by atoms with Crippen LogP contribution in [0.2, 0.25) is 0 Å². The van der Waals surface area contributed by atoms with Crippen molar-refractivity contribution in [1.29, 1.82) is 0 Å². The number of ketones is 2. The van der Waals surface area contributed by atoms with E-state index in [9.17, 15) is 18.0 Å². The summed E-state index contributed by atoms with van der Waals surface area (Å²) in [5.74, 6) is -0.520. The van der Waals surface area contributed by atoms with Crippen LogP contribution in [0.3, 0.4) is 0 Å². The summed E-state index contributed by atoms with van der Waals surface area (Å²) in [7, 11) is -0.778. The van der Waals surface area contributed by atoms with Gasteiger partial charge in [-0.05, 0) is 19.1 Å². The van der Waals surface area contributed by atoms with E-state index < -0.39 is 21.6 Å². The van der Waals surface area contributed by atoms with Crippen LogP contribution in [0.4, 0.5) is 5.69 Å². The first-order chi connectivity index (χ1) is 12.3. The molecule has 136 valence electrons. The Morgan fingerprint density at radius 1 is 0.923 bits per heavy atom. The van der Waals surface area contributed by atoms with Gasteiger partial charge in [0.1, 0.15) is 11.5 Å². The van der Waals surface area contributed by atoms with Gasteiger partial charge in [0, 0.05) is 17.2 Å². The molecule has 0 aromatic heterocycles. The first-order valence-electron chi connectivity index (χ1n) is 7.81. The number of rotatable bonds is 5. The monoisotopic (exact) mass is 375 g/mol. The third-order valence-corrected chi connectivity index (χ3v) is 5.47. The Labute approximate surface area is 151 Å². The highest BCUT2D eigenvalue weighted by atomic mass is 32.2. The molecule has 0 amide bonds. The second-order valence-corrected chi connectivity index (χ2v) is 7.66. The predicted octanol–water partition coefficient (Wildman–Crippen LogP) is 2.24. The van der Waals surface area contributed by atoms with Crippen molar-refractivity contribution < 1.29 is 27.5 Å². The quantitative estimate of drug-likeness (QED) is 0.734. The fourth-order valence-corrected chi connectivity index (χ4v) is 3.52. The second-order valence-electron chi connectivity index (χ2n) is 5.65. The molecular weight excluding hydrogens is 358 g/mol. The van der Waals surface area contributed by atoms with E-state index in [1.54, 1.807) is 12.1 Å². The van der Waals surface area contributed by atoms with Gasteiger partial charge in [-0.15, -0.1) is 0 Å². The Bertz CT molecular complexity index is 1030. The lowest BCUT2D eigenvalue weighted by atomic mass is 9.83. The van der Waals surface area contributed by atoms with E-state index in [0.717, 1.165) is 0 Å². The fourth-order valence-electron chi connectivity index (χ4n) is 2.90. The molecule has 0 atom stereocenters. The van der Waals surface area contributed by atoms with E-state index >= 15 is 0 Å². The SMILES string of the molecule is CCS(=O)(=O)Nc1cc(OC)c2c(c1)C(=O)c1cccc(OC)c1C2=O. The maximum absolute atomic E-state index is 13.0. The minimum atomic E-state index is -3.55. The first kappa shape index (κ1) is 17.9. The van der Waals surface area contributed by atoms with Gasteiger partial charge in [0.15, 0.2) is 5.78 Å². The molecule has 0 aliphatic heterocycles. The van der Waals surface area contributed by atoms with Crippen molar-refractivity contribution in [1.82, 2.24) is 0 Å². The molecular formula is C18H17NO6S. The fraction of sp³-hybridized carbons (Fsp3) is 0.222. The third-order valence-electron chi connectivity index (χ3n) is 4.16. The van der Waals surface area contributed by atoms with Crippen LogP contribution in [0.1, 0.15) is 38.8 Å². The standard InChI is InChI=1S/C18H17NO6S/c1-4-26(22,23)19-10-8-12-16(14(9-10)25-3)18(21)15-11(17(12)20)6-5-7-13(15)24-2/h5-9,19H,4H2,1-3H3. The molecule has 0 radical (unpaired) electrons. The summed E-state index contributed by atoms with van der Waals surface area (Å²) in [6.07, 6.45) is 0. The van der Waals surface area contributed by atoms with E-state index in [1.807, 2.05) is 0 Å². The van der Waals surface area contributed by atoms with E-state index in [0.29, 0.717) is 5.75 Å². The van der Waals surface area contributed by atoms with Crippen molar-refractivity contribution >= 4 is 27.3 Å². The number of fused-ring (bicyclic) bond motifs is 2. The molecule has 0 unspecified atom stereocenters. The van der Waals surface area contributed by atoms with Gasteiger partial charge in [0.25, 0.3) is 0 Å². The van der Waals surface area contributed by atoms with Gasteiger partial charge < -0.3 is 9.47 Å². The Morgan fingerprint density at radius 2 is 1.58 bits per heavy atom. The summed E-state index contributed by atoms with van der Waals surface area (Å²) >= 11 is 0. The number of carbonyl (C=O) groups is 2. The van der Waals surface area contributed by atoms with Crippen LogP contribution in [0.15, 0.2) is 30.3 Å². The molecule has 0 saturated carbocycles. The molecule has 0 heterocycles. The van der Waals surface area contributed by atoms with Gasteiger partial charge in [-0.1, -0.05) is 12.1 Å². The molecule has 2 aromatic carbocycles. The van der Waals surface area contributed by atoms with Crippen molar-refractivity contribution in [2.75, 3.05) is 24.7 Å². The average Bonchev–Trinajstić information content (AvgIpc) is 2.64. The van der Waals surface area contributed by atoms with Crippen molar-refractivity contribution in [3.8, 4) is 11.5 Å². The van der Waals surface area contributed by atoms with Crippen LogP contribution in [-0.2, 0) is 10.0 Å². The maximum atomic E-state index is 13.0. The zero-order chi connectivity index (χ0) is 19.1. The van der Waals surface area contributed by atoms with Crippen LogP contribution in [0.25, 0.3) is 0 Å². The Morgan fingerprint density at radius 3 is 2.19 bits per heavy atom. The topological polar surface area (TPSA) is 98.8 Å². The van der Waals surface area contributed by atoms with E-state index in [4.69, 9.17) is 9.47 Å². The molecule has 0 spiro atoms. The van der Waals surface area contributed by atoms with Crippen molar-refractivity contribution in [3.63, 3.8) is 0 Å². The van der Waals surface area contributed by atoms with Gasteiger partial charge in [0.2, 0.25) is 15.8 Å². The van der Waals surface area contributed by atoms with Crippen LogP contribution in [0.5, 0.6) is 11.5 Å². The number of anilines is 1. The Hall–Kier alpha value is -2.87. The van der Waals surface area contributed by atoms with Crippen LogP contribution < -0.4 is 14.2 Å². The highest BCUT2D eigenvalue weighted by Gasteiger charge is 2.35. The molecule has 1 N–H and O–H groups in total. The van der Waals surface area contributed by atoms with Gasteiger partial charge in [0.05, 0.1) is 36.8 Å². The van der Waals surface area contributed by atoms with Crippen molar-refractivity contribution in [3.05, 3.63) is 52.6 Å². The average molecular weight is 375 g/mol. The Kier molecular flexibility index (Phi) is 4.45. The number of nitrogens with one attached hydrogen (secondary N) is 1. The zero-order valence-corrected chi connectivity index (χ0v) is 15.3. The van der Waals surface area contributed by atoms with E-state index in [1.165, 1.54) is 39.3 Å². The second kappa shape index (κ2) is 6.45. The van der Waals surface area contributed by atoms with E-state index in [-0.39, 0.29) is 39.4 Å². The summed E-state index contributed by atoms with van der Waals surface area (Å²) < 4.78 is 36.5.